The van der Waals surface area contributed by atoms with Crippen LogP contribution in [0, 0.1) is 0 Å². The number of fused-ring (bicyclic) bond motifs is 2. The lowest BCUT2D eigenvalue weighted by molar-refractivity contribution is 0.414. The summed E-state index contributed by atoms with van der Waals surface area (Å²) in [7, 11) is 1.55. The lowest BCUT2D eigenvalue weighted by Crippen LogP contribution is -2.34. The Morgan fingerprint density at radius 3 is 2.13 bits per heavy atom. The molecular formula is C23H16N4O4. The van der Waals surface area contributed by atoms with Crippen LogP contribution in [-0.4, -0.2) is 26.4 Å². The maximum atomic E-state index is 13.4. The van der Waals surface area contributed by atoms with Gasteiger partial charge in [-0.05, 0) is 48.5 Å². The van der Waals surface area contributed by atoms with E-state index in [1.165, 1.54) is 4.57 Å². The van der Waals surface area contributed by atoms with Crippen LogP contribution < -0.4 is 21.4 Å². The number of aromatic amines is 1. The second-order valence-electron chi connectivity index (χ2n) is 6.89. The molecule has 31 heavy (non-hydrogen) atoms. The van der Waals surface area contributed by atoms with Gasteiger partial charge in [0.15, 0.2) is 0 Å². The number of hydrogen-bond donors (Lipinski definition) is 1. The molecular weight excluding hydrogens is 396 g/mol. The van der Waals surface area contributed by atoms with Gasteiger partial charge in [0.1, 0.15) is 5.75 Å². The number of rotatable bonds is 3. The Morgan fingerprint density at radius 2 is 1.42 bits per heavy atom. The molecule has 0 unspecified atom stereocenters. The molecule has 1 N–H and O–H groups in total. The average Bonchev–Trinajstić information content (AvgIpc) is 2.81. The van der Waals surface area contributed by atoms with Crippen LogP contribution in [0.5, 0.6) is 5.75 Å². The molecule has 0 aliphatic rings. The normalized spacial score (nSPS) is 11.1. The van der Waals surface area contributed by atoms with E-state index in [1.54, 1.807) is 79.9 Å². The van der Waals surface area contributed by atoms with E-state index in [4.69, 9.17) is 4.74 Å². The zero-order chi connectivity index (χ0) is 21.5. The Labute approximate surface area is 174 Å². The first kappa shape index (κ1) is 18.6. The van der Waals surface area contributed by atoms with Crippen molar-refractivity contribution in [2.24, 2.45) is 0 Å². The summed E-state index contributed by atoms with van der Waals surface area (Å²) in [5.41, 5.74) is -0.432. The van der Waals surface area contributed by atoms with Crippen LogP contribution in [-0.2, 0) is 0 Å². The number of nitrogens with zero attached hydrogens (tertiary/aromatic N) is 3. The molecule has 8 nitrogen and oxygen atoms in total. The highest BCUT2D eigenvalue weighted by Gasteiger charge is 2.18. The summed E-state index contributed by atoms with van der Waals surface area (Å²) in [6, 6.07) is 20.1. The molecule has 0 fully saturated rings. The van der Waals surface area contributed by atoms with Crippen LogP contribution in [0.2, 0.25) is 0 Å². The molecule has 0 bridgehead atoms. The fourth-order valence-electron chi connectivity index (χ4n) is 3.58. The molecule has 0 amide bonds. The standard InChI is InChI=1S/C23H16N4O4/c1-31-15-12-10-14(11-13-15)26-21(29)18-8-4-5-9-19(18)24-23(26)27-22(30)17-7-3-2-6-16(17)20(28)25-27/h2-13H,1H3,(H,25,28). The van der Waals surface area contributed by atoms with Crippen LogP contribution in [0.4, 0.5) is 0 Å². The van der Waals surface area contributed by atoms with E-state index in [9.17, 15) is 14.4 Å². The highest BCUT2D eigenvalue weighted by Crippen LogP contribution is 2.18. The summed E-state index contributed by atoms with van der Waals surface area (Å²) in [5, 5.41) is 3.45. The number of methoxy groups -OCH3 is 1. The smallest absolute Gasteiger partial charge is 0.280 e. The Morgan fingerprint density at radius 1 is 0.774 bits per heavy atom. The van der Waals surface area contributed by atoms with Crippen LogP contribution in [0.25, 0.3) is 33.3 Å². The van der Waals surface area contributed by atoms with Gasteiger partial charge in [-0.25, -0.2) is 9.55 Å². The van der Waals surface area contributed by atoms with Crippen LogP contribution in [0.3, 0.4) is 0 Å². The highest BCUT2D eigenvalue weighted by molar-refractivity contribution is 5.81. The van der Waals surface area contributed by atoms with Crippen LogP contribution in [0.1, 0.15) is 0 Å². The van der Waals surface area contributed by atoms with Crippen molar-refractivity contribution in [3.8, 4) is 17.4 Å². The van der Waals surface area contributed by atoms with Gasteiger partial charge in [-0.3, -0.25) is 19.5 Å². The minimum absolute atomic E-state index is 0.0123. The molecule has 2 aromatic heterocycles. The van der Waals surface area contributed by atoms with Crippen molar-refractivity contribution in [3.63, 3.8) is 0 Å². The summed E-state index contributed by atoms with van der Waals surface area (Å²) >= 11 is 0. The van der Waals surface area contributed by atoms with E-state index in [-0.39, 0.29) is 22.3 Å². The van der Waals surface area contributed by atoms with E-state index in [1.807, 2.05) is 0 Å². The molecule has 0 aliphatic carbocycles. The van der Waals surface area contributed by atoms with Gasteiger partial charge in [0.2, 0.25) is 5.95 Å². The van der Waals surface area contributed by atoms with E-state index in [0.717, 1.165) is 4.68 Å². The summed E-state index contributed by atoms with van der Waals surface area (Å²) in [6.07, 6.45) is 0. The molecule has 5 rings (SSSR count). The number of para-hydroxylation sites is 1. The van der Waals surface area contributed by atoms with Crippen molar-refractivity contribution >= 4 is 21.7 Å². The number of benzene rings is 3. The molecule has 2 heterocycles. The van der Waals surface area contributed by atoms with Gasteiger partial charge in [-0.15, -0.1) is 0 Å². The molecule has 0 aliphatic heterocycles. The van der Waals surface area contributed by atoms with E-state index in [2.05, 4.69) is 10.1 Å². The lowest BCUT2D eigenvalue weighted by Gasteiger charge is -2.15. The van der Waals surface area contributed by atoms with Crippen molar-refractivity contribution in [1.82, 2.24) is 19.3 Å². The van der Waals surface area contributed by atoms with Gasteiger partial charge in [0, 0.05) is 0 Å². The van der Waals surface area contributed by atoms with Crippen molar-refractivity contribution in [1.29, 1.82) is 0 Å². The number of H-pyrrole nitrogens is 1. The Kier molecular flexibility index (Phi) is 4.25. The third-order valence-electron chi connectivity index (χ3n) is 5.11. The average molecular weight is 412 g/mol. The van der Waals surface area contributed by atoms with Crippen molar-refractivity contribution in [2.45, 2.75) is 0 Å². The number of aromatic nitrogens is 4. The quantitative estimate of drug-likeness (QED) is 0.491. The summed E-state index contributed by atoms with van der Waals surface area (Å²) in [5.74, 6) is 0.602. The number of nitrogens with one attached hydrogen (secondary N) is 1. The number of ether oxygens (including phenoxy) is 1. The predicted octanol–water partition coefficient (Wildman–Crippen LogP) is 2.39. The molecule has 8 heteroatoms. The first-order valence-electron chi connectivity index (χ1n) is 9.49. The molecule has 0 saturated carbocycles. The van der Waals surface area contributed by atoms with Crippen LogP contribution >= 0.6 is 0 Å². The summed E-state index contributed by atoms with van der Waals surface area (Å²) < 4.78 is 7.51. The minimum Gasteiger partial charge on any atom is -0.497 e. The largest absolute Gasteiger partial charge is 0.497 e. The molecule has 5 aromatic rings. The van der Waals surface area contributed by atoms with E-state index in [0.29, 0.717) is 22.3 Å². The third-order valence-corrected chi connectivity index (χ3v) is 5.11. The second kappa shape index (κ2) is 7.10. The fourth-order valence-corrected chi connectivity index (χ4v) is 3.58. The fraction of sp³-hybridized carbons (Fsp3) is 0.0435. The Bertz CT molecular complexity index is 1630. The van der Waals surface area contributed by atoms with Crippen molar-refractivity contribution in [3.05, 3.63) is 104 Å². The molecule has 0 atom stereocenters. The molecule has 3 aromatic carbocycles. The predicted molar refractivity (Wildman–Crippen MR) is 118 cm³/mol. The maximum absolute atomic E-state index is 13.4. The van der Waals surface area contributed by atoms with E-state index < -0.39 is 11.1 Å². The maximum Gasteiger partial charge on any atom is 0.280 e. The highest BCUT2D eigenvalue weighted by atomic mass is 16.5. The van der Waals surface area contributed by atoms with Crippen molar-refractivity contribution in [2.75, 3.05) is 7.11 Å². The zero-order valence-electron chi connectivity index (χ0n) is 16.4. The second-order valence-corrected chi connectivity index (χ2v) is 6.89. The van der Waals surface area contributed by atoms with E-state index >= 15 is 0 Å². The summed E-state index contributed by atoms with van der Waals surface area (Å²) in [4.78, 5) is 43.9. The van der Waals surface area contributed by atoms with Gasteiger partial charge in [0.05, 0.1) is 34.5 Å². The van der Waals surface area contributed by atoms with Gasteiger partial charge in [-0.1, -0.05) is 24.3 Å². The number of hydrogen-bond acceptors (Lipinski definition) is 5. The van der Waals surface area contributed by atoms with Gasteiger partial charge in [-0.2, -0.15) is 4.68 Å². The Balaban J connectivity index is 1.92. The topological polar surface area (TPSA) is 99.0 Å². The Hall–Kier alpha value is -4.46. The molecule has 0 saturated heterocycles. The van der Waals surface area contributed by atoms with Crippen LogP contribution in [0.15, 0.2) is 87.2 Å². The van der Waals surface area contributed by atoms with Gasteiger partial charge < -0.3 is 4.74 Å². The van der Waals surface area contributed by atoms with Gasteiger partial charge in [0.25, 0.3) is 16.7 Å². The monoisotopic (exact) mass is 412 g/mol. The molecule has 0 radical (unpaired) electrons. The minimum atomic E-state index is -0.486. The first-order valence-corrected chi connectivity index (χ1v) is 9.49. The van der Waals surface area contributed by atoms with Gasteiger partial charge >= 0.3 is 0 Å². The SMILES string of the molecule is COc1ccc(-n2c(-n3[nH]c(=O)c4ccccc4c3=O)nc3ccccc3c2=O)cc1. The lowest BCUT2D eigenvalue weighted by atomic mass is 10.2. The molecule has 0 spiro atoms. The zero-order valence-corrected chi connectivity index (χ0v) is 16.4. The third kappa shape index (κ3) is 2.93. The molecule has 152 valence electrons. The first-order chi connectivity index (χ1) is 15.1. The summed E-state index contributed by atoms with van der Waals surface area (Å²) in [6.45, 7) is 0. The van der Waals surface area contributed by atoms with Crippen molar-refractivity contribution < 1.29 is 4.74 Å².